The van der Waals surface area contributed by atoms with E-state index >= 15 is 4.39 Å². The maximum Gasteiger partial charge on any atom is 0.428 e. The monoisotopic (exact) mass is 584 g/mol. The third kappa shape index (κ3) is 5.29. The number of hydrogen-bond donors (Lipinski definition) is 1. The highest BCUT2D eigenvalue weighted by atomic mass is 35.5. The number of sulfone groups is 1. The van der Waals surface area contributed by atoms with Crippen molar-refractivity contribution in [2.24, 2.45) is 0 Å². The summed E-state index contributed by atoms with van der Waals surface area (Å²) in [4.78, 5) is 18.2. The van der Waals surface area contributed by atoms with Gasteiger partial charge in [-0.25, -0.2) is 17.2 Å². The van der Waals surface area contributed by atoms with E-state index in [0.717, 1.165) is 24.5 Å². The number of carbonyl (C=O) groups is 1. The van der Waals surface area contributed by atoms with Crippen LogP contribution in [0.2, 0.25) is 10.0 Å². The summed E-state index contributed by atoms with van der Waals surface area (Å²) in [7, 11) is -3.34. The average Bonchev–Trinajstić information content (AvgIpc) is 3.25. The van der Waals surface area contributed by atoms with Gasteiger partial charge in [0.25, 0.3) is 0 Å². The fourth-order valence-corrected chi connectivity index (χ4v) is 5.08. The molecule has 1 amide bonds. The third-order valence-corrected chi connectivity index (χ3v) is 7.63. The van der Waals surface area contributed by atoms with E-state index in [0.29, 0.717) is 0 Å². The first kappa shape index (κ1) is 27.6. The van der Waals surface area contributed by atoms with E-state index in [-0.39, 0.29) is 42.1 Å². The zero-order valence-corrected chi connectivity index (χ0v) is 21.3. The molecule has 0 radical (unpaired) electrons. The Labute approximate surface area is 218 Å². The van der Waals surface area contributed by atoms with E-state index in [2.05, 4.69) is 5.48 Å². The van der Waals surface area contributed by atoms with Crippen molar-refractivity contribution in [3.05, 3.63) is 75.0 Å². The highest BCUT2D eigenvalue weighted by Gasteiger charge is 2.60. The number of hydroxylamine groups is 1. The molecule has 0 aliphatic carbocycles. The van der Waals surface area contributed by atoms with Crippen LogP contribution in [0.15, 0.2) is 42.5 Å². The van der Waals surface area contributed by atoms with Crippen LogP contribution in [0, 0.1) is 5.82 Å². The van der Waals surface area contributed by atoms with Gasteiger partial charge in [0, 0.05) is 18.2 Å². The fourth-order valence-electron chi connectivity index (χ4n) is 4.05. The number of alkyl halides is 4. The molecule has 200 valence electrons. The van der Waals surface area contributed by atoms with Crippen molar-refractivity contribution in [3.63, 3.8) is 0 Å². The second kappa shape index (κ2) is 9.40. The number of nitrogens with zero attached hydrogens (tertiary/aromatic N) is 1. The number of benzene rings is 2. The zero-order chi connectivity index (χ0) is 27.4. The topological polar surface area (TPSA) is 75.7 Å². The van der Waals surface area contributed by atoms with Crippen molar-refractivity contribution in [2.45, 2.75) is 23.9 Å². The summed E-state index contributed by atoms with van der Waals surface area (Å²) in [5.41, 5.74) is -2.89. The van der Waals surface area contributed by atoms with Gasteiger partial charge >= 0.3 is 6.18 Å². The Bertz CT molecular complexity index is 1350. The van der Waals surface area contributed by atoms with Crippen LogP contribution in [0.25, 0.3) is 5.70 Å². The van der Waals surface area contributed by atoms with Crippen LogP contribution in [0.4, 0.5) is 22.0 Å². The molecule has 2 heterocycles. The van der Waals surface area contributed by atoms with Crippen LogP contribution < -0.4 is 5.48 Å². The van der Waals surface area contributed by atoms with Crippen LogP contribution >= 0.6 is 23.2 Å². The lowest BCUT2D eigenvalue weighted by molar-refractivity contribution is -0.269. The lowest BCUT2D eigenvalue weighted by atomic mass is 9.86. The first-order chi connectivity index (χ1) is 17.0. The van der Waals surface area contributed by atoms with Crippen molar-refractivity contribution in [1.82, 2.24) is 10.4 Å². The van der Waals surface area contributed by atoms with Gasteiger partial charge in [-0.3, -0.25) is 15.1 Å². The fraction of sp³-hybridized carbons (Fsp3) is 0.348. The number of nitrogens with one attached hydrogen (secondary N) is 1. The molecule has 2 aromatic rings. The molecule has 2 aromatic carbocycles. The molecule has 1 fully saturated rings. The molecule has 37 heavy (non-hydrogen) atoms. The first-order valence-corrected chi connectivity index (χ1v) is 13.5. The minimum Gasteiger partial charge on any atom is -0.335 e. The summed E-state index contributed by atoms with van der Waals surface area (Å²) >= 11 is 11.4. The van der Waals surface area contributed by atoms with E-state index in [1.165, 1.54) is 29.2 Å². The Hall–Kier alpha value is -2.41. The van der Waals surface area contributed by atoms with Crippen molar-refractivity contribution in [3.8, 4) is 0 Å². The molecule has 2 aliphatic heterocycles. The van der Waals surface area contributed by atoms with Crippen LogP contribution in [-0.4, -0.2) is 50.5 Å². The summed E-state index contributed by atoms with van der Waals surface area (Å²) in [5.74, 6) is -1.89. The van der Waals surface area contributed by atoms with E-state index < -0.39 is 54.6 Å². The van der Waals surface area contributed by atoms with E-state index in [1.807, 2.05) is 0 Å². The third-order valence-electron chi connectivity index (χ3n) is 6.14. The smallest absolute Gasteiger partial charge is 0.335 e. The number of halogens is 7. The van der Waals surface area contributed by atoms with Gasteiger partial charge in [0.15, 0.2) is 11.5 Å². The Morgan fingerprint density at radius 2 is 1.68 bits per heavy atom. The van der Waals surface area contributed by atoms with Gasteiger partial charge in [0.05, 0.1) is 34.6 Å². The van der Waals surface area contributed by atoms with Gasteiger partial charge in [0.1, 0.15) is 9.84 Å². The molecule has 4 rings (SSSR count). The second-order valence-corrected chi connectivity index (χ2v) is 12.0. The van der Waals surface area contributed by atoms with E-state index in [4.69, 9.17) is 28.0 Å². The molecule has 14 heteroatoms. The molecular formula is C23H19Cl2F5N2O4S. The normalized spacial score (nSPS) is 21.3. The summed E-state index contributed by atoms with van der Waals surface area (Å²) in [6, 6.07) is 7.04. The molecular weight excluding hydrogens is 566 g/mol. The molecule has 1 atom stereocenters. The minimum atomic E-state index is -4.99. The Balaban J connectivity index is 1.54. The van der Waals surface area contributed by atoms with Gasteiger partial charge in [-0.15, -0.1) is 0 Å². The van der Waals surface area contributed by atoms with Gasteiger partial charge in [-0.05, 0) is 29.3 Å². The summed E-state index contributed by atoms with van der Waals surface area (Å²) in [6.45, 7) is -0.551. The van der Waals surface area contributed by atoms with Crippen molar-refractivity contribution in [2.75, 3.05) is 25.1 Å². The largest absolute Gasteiger partial charge is 0.428 e. The standard InChI is InChI=1S/C23H19Cl2F5N2O4S/c1-37(34,35)7-6-19(33)32-11-21(27,12-32)14-4-2-13(3-5-14)18-10-22(36-31-18,23(28,29)30)15-8-16(24)20(26)17(25)9-15/h2-5,8-10,31H,6-7,11-12H2,1H3. The number of amides is 1. The molecule has 2 aliphatic rings. The zero-order valence-electron chi connectivity index (χ0n) is 19.0. The summed E-state index contributed by atoms with van der Waals surface area (Å²) in [5, 5.41) is -1.22. The number of hydrogen-bond acceptors (Lipinski definition) is 5. The van der Waals surface area contributed by atoms with E-state index in [1.54, 1.807) is 0 Å². The second-order valence-electron chi connectivity index (χ2n) is 8.92. The summed E-state index contributed by atoms with van der Waals surface area (Å²) < 4.78 is 93.9. The lowest BCUT2D eigenvalue weighted by Gasteiger charge is -2.44. The van der Waals surface area contributed by atoms with Crippen LogP contribution in [-0.2, 0) is 30.7 Å². The molecule has 1 unspecified atom stereocenters. The van der Waals surface area contributed by atoms with E-state index in [9.17, 15) is 30.8 Å². The highest BCUT2D eigenvalue weighted by molar-refractivity contribution is 7.90. The minimum absolute atomic E-state index is 0.0838. The van der Waals surface area contributed by atoms with Gasteiger partial charge in [-0.2, -0.15) is 13.2 Å². The quantitative estimate of drug-likeness (QED) is 0.386. The molecule has 0 saturated carbocycles. The predicted octanol–water partition coefficient (Wildman–Crippen LogP) is 4.91. The first-order valence-electron chi connectivity index (χ1n) is 10.7. The number of likely N-dealkylation sites (tertiary alicyclic amines) is 1. The Kier molecular flexibility index (Phi) is 7.02. The number of carbonyl (C=O) groups excluding carboxylic acids is 1. The average molecular weight is 585 g/mol. The van der Waals surface area contributed by atoms with Crippen LogP contribution in [0.3, 0.4) is 0 Å². The molecule has 1 N–H and O–H groups in total. The SMILES string of the molecule is CS(=O)(=O)CCC(=O)N1CC(F)(c2ccc(C3=CC(c4cc(Cl)c(F)c(Cl)c4)(C(F)(F)F)ON3)cc2)C1. The van der Waals surface area contributed by atoms with Crippen molar-refractivity contribution >= 4 is 44.6 Å². The Morgan fingerprint density at radius 3 is 2.19 bits per heavy atom. The maximum absolute atomic E-state index is 15.3. The Morgan fingerprint density at radius 1 is 1.11 bits per heavy atom. The highest BCUT2D eigenvalue weighted by Crippen LogP contribution is 2.48. The molecule has 6 nitrogen and oxygen atoms in total. The van der Waals surface area contributed by atoms with Crippen molar-refractivity contribution in [1.29, 1.82) is 0 Å². The van der Waals surface area contributed by atoms with Crippen molar-refractivity contribution < 1.29 is 40.0 Å². The molecule has 0 aromatic heterocycles. The van der Waals surface area contributed by atoms with Crippen LogP contribution in [0.5, 0.6) is 0 Å². The number of rotatable bonds is 6. The predicted molar refractivity (Wildman–Crippen MR) is 126 cm³/mol. The molecule has 1 saturated heterocycles. The van der Waals surface area contributed by atoms with Crippen LogP contribution in [0.1, 0.15) is 23.1 Å². The van der Waals surface area contributed by atoms with Gasteiger partial charge < -0.3 is 4.90 Å². The maximum atomic E-state index is 15.3. The summed E-state index contributed by atoms with van der Waals surface area (Å²) in [6.07, 6.45) is -3.49. The lowest BCUT2D eigenvalue weighted by Crippen LogP contribution is -2.59. The molecule has 0 bridgehead atoms. The van der Waals surface area contributed by atoms with Gasteiger partial charge in [0.2, 0.25) is 11.5 Å². The molecule has 0 spiro atoms. The van der Waals surface area contributed by atoms with Gasteiger partial charge in [-0.1, -0.05) is 47.5 Å².